The zero-order valence-electron chi connectivity index (χ0n) is 11.9. The van der Waals surface area contributed by atoms with Gasteiger partial charge < -0.3 is 14.5 Å². The molecule has 1 unspecified atom stereocenters. The molecule has 0 aromatic carbocycles. The minimum Gasteiger partial charge on any atom is -0.373 e. The van der Waals surface area contributed by atoms with Crippen molar-refractivity contribution in [2.75, 3.05) is 51.4 Å². The Kier molecular flexibility index (Phi) is 4.84. The Labute approximate surface area is 122 Å². The molecule has 2 aliphatic heterocycles. The van der Waals surface area contributed by atoms with E-state index in [2.05, 4.69) is 0 Å². The molecule has 9 heteroatoms. The van der Waals surface area contributed by atoms with Crippen molar-refractivity contribution >= 4 is 15.7 Å². The highest BCUT2D eigenvalue weighted by Gasteiger charge is 2.38. The van der Waals surface area contributed by atoms with E-state index in [1.165, 1.54) is 0 Å². The standard InChI is InChI=1S/C12H20F2N2O4S/c1-15-3-5-21(18,19)7-10(15)6-11(17)16-2-4-20-9-12(13,14)8-16/h10H,2-9H2,1H3. The van der Waals surface area contributed by atoms with E-state index in [1.807, 2.05) is 0 Å². The van der Waals surface area contributed by atoms with Gasteiger partial charge in [-0.1, -0.05) is 0 Å². The van der Waals surface area contributed by atoms with Crippen molar-refractivity contribution < 1.29 is 26.7 Å². The number of hydrogen-bond donors (Lipinski definition) is 0. The molecule has 0 bridgehead atoms. The molecule has 2 heterocycles. The SMILES string of the molecule is CN1CCS(=O)(=O)CC1CC(=O)N1CCOCC(F)(F)C1. The van der Waals surface area contributed by atoms with E-state index in [-0.39, 0.29) is 31.1 Å². The molecule has 2 fully saturated rings. The fraction of sp³-hybridized carbons (Fsp3) is 0.917. The smallest absolute Gasteiger partial charge is 0.288 e. The molecule has 0 aromatic rings. The van der Waals surface area contributed by atoms with Gasteiger partial charge in [0.25, 0.3) is 5.92 Å². The molecule has 2 saturated heterocycles. The van der Waals surface area contributed by atoms with Crippen LogP contribution in [0.4, 0.5) is 8.78 Å². The van der Waals surface area contributed by atoms with Crippen molar-refractivity contribution in [2.45, 2.75) is 18.4 Å². The number of nitrogens with zero attached hydrogens (tertiary/aromatic N) is 2. The summed E-state index contributed by atoms with van der Waals surface area (Å²) in [6.45, 7) is -0.819. The third kappa shape index (κ3) is 4.58. The van der Waals surface area contributed by atoms with Crippen LogP contribution >= 0.6 is 0 Å². The third-order valence-corrected chi connectivity index (χ3v) is 5.53. The van der Waals surface area contributed by atoms with Crippen LogP contribution in [0.5, 0.6) is 0 Å². The molecular formula is C12H20F2N2O4S. The Bertz CT molecular complexity index is 497. The normalized spacial score (nSPS) is 29.9. The van der Waals surface area contributed by atoms with Crippen LogP contribution in [0.1, 0.15) is 6.42 Å². The number of hydrogen-bond acceptors (Lipinski definition) is 5. The lowest BCUT2D eigenvalue weighted by molar-refractivity contribution is -0.136. The molecule has 0 aromatic heterocycles. The predicted molar refractivity (Wildman–Crippen MR) is 72.0 cm³/mol. The van der Waals surface area contributed by atoms with E-state index in [9.17, 15) is 22.0 Å². The summed E-state index contributed by atoms with van der Waals surface area (Å²) in [5.41, 5.74) is 0. The molecule has 21 heavy (non-hydrogen) atoms. The molecule has 2 rings (SSSR count). The molecular weight excluding hydrogens is 306 g/mol. The molecule has 2 aliphatic rings. The van der Waals surface area contributed by atoms with Gasteiger partial charge in [-0.15, -0.1) is 0 Å². The van der Waals surface area contributed by atoms with Crippen LogP contribution in [0.3, 0.4) is 0 Å². The number of carbonyl (C=O) groups excluding carboxylic acids is 1. The summed E-state index contributed by atoms with van der Waals surface area (Å²) in [6.07, 6.45) is -0.0637. The summed E-state index contributed by atoms with van der Waals surface area (Å²) in [7, 11) is -1.41. The van der Waals surface area contributed by atoms with Gasteiger partial charge in [0.2, 0.25) is 5.91 Å². The van der Waals surface area contributed by atoms with Crippen LogP contribution in [-0.2, 0) is 19.4 Å². The average molecular weight is 326 g/mol. The summed E-state index contributed by atoms with van der Waals surface area (Å²) < 4.78 is 54.9. The fourth-order valence-corrected chi connectivity index (χ4v) is 4.22. The maximum Gasteiger partial charge on any atom is 0.288 e. The maximum atomic E-state index is 13.4. The Morgan fingerprint density at radius 2 is 2.10 bits per heavy atom. The molecule has 6 nitrogen and oxygen atoms in total. The maximum absolute atomic E-state index is 13.4. The third-order valence-electron chi connectivity index (χ3n) is 3.83. The second kappa shape index (κ2) is 6.13. The van der Waals surface area contributed by atoms with Crippen LogP contribution in [0, 0.1) is 0 Å². The number of carbonyl (C=O) groups is 1. The Balaban J connectivity index is 1.99. The van der Waals surface area contributed by atoms with Crippen LogP contribution in [0.25, 0.3) is 0 Å². The number of amides is 1. The Morgan fingerprint density at radius 3 is 2.81 bits per heavy atom. The van der Waals surface area contributed by atoms with Gasteiger partial charge in [-0.25, -0.2) is 17.2 Å². The second-order valence-electron chi connectivity index (χ2n) is 5.68. The molecule has 1 amide bonds. The van der Waals surface area contributed by atoms with E-state index >= 15 is 0 Å². The van der Waals surface area contributed by atoms with Crippen molar-refractivity contribution in [2.24, 2.45) is 0 Å². The molecule has 0 spiro atoms. The molecule has 0 N–H and O–H groups in total. The van der Waals surface area contributed by atoms with Gasteiger partial charge in [0.05, 0.1) is 24.7 Å². The lowest BCUT2D eigenvalue weighted by atomic mass is 10.1. The lowest BCUT2D eigenvalue weighted by Gasteiger charge is -2.33. The minimum absolute atomic E-state index is 0.0637. The zero-order valence-corrected chi connectivity index (χ0v) is 12.7. The minimum atomic E-state index is -3.16. The van der Waals surface area contributed by atoms with Gasteiger partial charge in [-0.05, 0) is 7.05 Å². The average Bonchev–Trinajstić information content (AvgIpc) is 2.54. The lowest BCUT2D eigenvalue weighted by Crippen LogP contribution is -2.50. The van der Waals surface area contributed by atoms with Crippen LogP contribution in [-0.4, -0.2) is 87.5 Å². The van der Waals surface area contributed by atoms with E-state index < -0.39 is 40.9 Å². The number of rotatable bonds is 2. The predicted octanol–water partition coefficient (Wildman–Crippen LogP) is -0.401. The van der Waals surface area contributed by atoms with Gasteiger partial charge in [-0.3, -0.25) is 4.79 Å². The van der Waals surface area contributed by atoms with Crippen LogP contribution in [0.15, 0.2) is 0 Å². The summed E-state index contributed by atoms with van der Waals surface area (Å²) >= 11 is 0. The number of sulfone groups is 1. The van der Waals surface area contributed by atoms with Gasteiger partial charge in [0.15, 0.2) is 9.84 Å². The van der Waals surface area contributed by atoms with Crippen molar-refractivity contribution in [1.29, 1.82) is 0 Å². The fourth-order valence-electron chi connectivity index (χ4n) is 2.53. The highest BCUT2D eigenvalue weighted by atomic mass is 32.2. The zero-order chi connectivity index (χ0) is 15.7. The van der Waals surface area contributed by atoms with E-state index in [0.717, 1.165) is 4.90 Å². The van der Waals surface area contributed by atoms with Crippen molar-refractivity contribution in [3.63, 3.8) is 0 Å². The quantitative estimate of drug-likeness (QED) is 0.691. The molecule has 0 aliphatic carbocycles. The summed E-state index contributed by atoms with van der Waals surface area (Å²) in [6, 6.07) is -0.450. The highest BCUT2D eigenvalue weighted by molar-refractivity contribution is 7.91. The number of alkyl halides is 2. The Hall–Kier alpha value is -0.800. The van der Waals surface area contributed by atoms with E-state index in [4.69, 9.17) is 4.74 Å². The monoisotopic (exact) mass is 326 g/mol. The van der Waals surface area contributed by atoms with Gasteiger partial charge in [-0.2, -0.15) is 0 Å². The number of ether oxygens (including phenoxy) is 1. The van der Waals surface area contributed by atoms with E-state index in [0.29, 0.717) is 6.54 Å². The molecule has 122 valence electrons. The number of halogens is 2. The van der Waals surface area contributed by atoms with Crippen LogP contribution in [0.2, 0.25) is 0 Å². The molecule has 0 radical (unpaired) electrons. The van der Waals surface area contributed by atoms with Crippen molar-refractivity contribution in [1.82, 2.24) is 9.80 Å². The first kappa shape index (κ1) is 16.6. The summed E-state index contributed by atoms with van der Waals surface area (Å²) in [5.74, 6) is -3.54. The largest absolute Gasteiger partial charge is 0.373 e. The van der Waals surface area contributed by atoms with Crippen molar-refractivity contribution in [3.05, 3.63) is 0 Å². The molecule has 0 saturated carbocycles. The summed E-state index contributed by atoms with van der Waals surface area (Å²) in [5, 5.41) is 0. The Morgan fingerprint density at radius 1 is 1.38 bits per heavy atom. The molecule has 1 atom stereocenters. The van der Waals surface area contributed by atoms with Gasteiger partial charge in [0.1, 0.15) is 6.61 Å². The van der Waals surface area contributed by atoms with E-state index in [1.54, 1.807) is 11.9 Å². The first-order valence-electron chi connectivity index (χ1n) is 6.82. The topological polar surface area (TPSA) is 66.9 Å². The van der Waals surface area contributed by atoms with Crippen molar-refractivity contribution in [3.8, 4) is 0 Å². The highest BCUT2D eigenvalue weighted by Crippen LogP contribution is 2.20. The second-order valence-corrected chi connectivity index (χ2v) is 7.91. The summed E-state index contributed by atoms with van der Waals surface area (Å²) in [4.78, 5) is 15.0. The van der Waals surface area contributed by atoms with Crippen LogP contribution < -0.4 is 0 Å². The first-order valence-corrected chi connectivity index (χ1v) is 8.65. The van der Waals surface area contributed by atoms with Gasteiger partial charge in [0, 0.05) is 25.6 Å². The first-order chi connectivity index (χ1) is 9.69. The van der Waals surface area contributed by atoms with Gasteiger partial charge >= 0.3 is 0 Å².